The number of fused-ring (bicyclic) bond motifs is 1. The predicted molar refractivity (Wildman–Crippen MR) is 118 cm³/mol. The number of benzene rings is 2. The molecule has 2 aromatic rings. The van der Waals surface area contributed by atoms with Crippen molar-refractivity contribution >= 4 is 40.7 Å². The van der Waals surface area contributed by atoms with Crippen LogP contribution in [0, 0.1) is 5.92 Å². The van der Waals surface area contributed by atoms with Gasteiger partial charge in [-0.1, -0.05) is 54.2 Å². The Hall–Kier alpha value is -2.24. The highest BCUT2D eigenvalue weighted by Gasteiger charge is 2.48. The van der Waals surface area contributed by atoms with E-state index >= 15 is 0 Å². The SMILES string of the molecule is COc1ccccc1C(=O)N1C(C(=O)Nc2cccc(Cl)c2Cl)CC2CCCCC21. The number of amides is 2. The summed E-state index contributed by atoms with van der Waals surface area (Å²) in [5.74, 6) is 0.429. The second-order valence-electron chi connectivity index (χ2n) is 7.87. The van der Waals surface area contributed by atoms with E-state index in [1.807, 2.05) is 12.1 Å². The highest BCUT2D eigenvalue weighted by Crippen LogP contribution is 2.42. The molecule has 0 spiro atoms. The molecule has 0 aromatic heterocycles. The van der Waals surface area contributed by atoms with Gasteiger partial charge in [-0.15, -0.1) is 0 Å². The minimum atomic E-state index is -0.564. The Kier molecular flexibility index (Phi) is 6.21. The zero-order valence-electron chi connectivity index (χ0n) is 16.7. The Bertz CT molecular complexity index is 965. The smallest absolute Gasteiger partial charge is 0.258 e. The van der Waals surface area contributed by atoms with Crippen LogP contribution in [-0.2, 0) is 4.79 Å². The van der Waals surface area contributed by atoms with Crippen LogP contribution < -0.4 is 10.1 Å². The first-order valence-electron chi connectivity index (χ1n) is 10.2. The number of hydrogen-bond acceptors (Lipinski definition) is 3. The van der Waals surface area contributed by atoms with E-state index in [2.05, 4.69) is 5.32 Å². The third-order valence-corrected chi connectivity index (χ3v) is 6.99. The van der Waals surface area contributed by atoms with Crippen LogP contribution in [0.3, 0.4) is 0 Å². The molecule has 158 valence electrons. The van der Waals surface area contributed by atoms with Gasteiger partial charge in [-0.2, -0.15) is 0 Å². The summed E-state index contributed by atoms with van der Waals surface area (Å²) >= 11 is 12.3. The lowest BCUT2D eigenvalue weighted by Crippen LogP contribution is -2.48. The van der Waals surface area contributed by atoms with Crippen LogP contribution in [0.15, 0.2) is 42.5 Å². The summed E-state index contributed by atoms with van der Waals surface area (Å²) in [4.78, 5) is 28.6. The number of halogens is 2. The van der Waals surface area contributed by atoms with Gasteiger partial charge in [0.1, 0.15) is 11.8 Å². The topological polar surface area (TPSA) is 58.6 Å². The summed E-state index contributed by atoms with van der Waals surface area (Å²) in [6, 6.07) is 11.8. The van der Waals surface area contributed by atoms with Crippen LogP contribution in [0.25, 0.3) is 0 Å². The number of nitrogens with one attached hydrogen (secondary N) is 1. The molecular weight excluding hydrogens is 423 g/mol. The summed E-state index contributed by atoms with van der Waals surface area (Å²) in [5.41, 5.74) is 0.929. The fourth-order valence-corrected chi connectivity index (χ4v) is 5.11. The molecule has 4 rings (SSSR count). The molecule has 2 fully saturated rings. The fourth-order valence-electron chi connectivity index (χ4n) is 4.76. The van der Waals surface area contributed by atoms with Gasteiger partial charge in [0.2, 0.25) is 5.91 Å². The number of ether oxygens (including phenoxy) is 1. The molecule has 2 aromatic carbocycles. The molecule has 3 unspecified atom stereocenters. The van der Waals surface area contributed by atoms with Gasteiger partial charge < -0.3 is 15.0 Å². The van der Waals surface area contributed by atoms with E-state index in [1.54, 1.807) is 42.3 Å². The minimum absolute atomic E-state index is 0.0572. The zero-order chi connectivity index (χ0) is 21.3. The number of methoxy groups -OCH3 is 1. The van der Waals surface area contributed by atoms with Crippen LogP contribution in [0.2, 0.25) is 10.0 Å². The largest absolute Gasteiger partial charge is 0.496 e. The summed E-state index contributed by atoms with van der Waals surface area (Å²) in [6.07, 6.45) is 4.78. The average molecular weight is 447 g/mol. The van der Waals surface area contributed by atoms with Gasteiger partial charge in [-0.3, -0.25) is 9.59 Å². The second-order valence-corrected chi connectivity index (χ2v) is 8.65. The lowest BCUT2D eigenvalue weighted by molar-refractivity contribution is -0.120. The fraction of sp³-hybridized carbons (Fsp3) is 0.391. The Labute approximate surface area is 186 Å². The molecule has 1 aliphatic carbocycles. The van der Waals surface area contributed by atoms with E-state index in [0.717, 1.165) is 25.7 Å². The lowest BCUT2D eigenvalue weighted by atomic mass is 9.84. The predicted octanol–water partition coefficient (Wildman–Crippen LogP) is 5.41. The molecule has 2 aliphatic rings. The maximum Gasteiger partial charge on any atom is 0.258 e. The van der Waals surface area contributed by atoms with Crippen LogP contribution in [-0.4, -0.2) is 35.9 Å². The third-order valence-electron chi connectivity index (χ3n) is 6.17. The van der Waals surface area contributed by atoms with Crippen molar-refractivity contribution in [3.8, 4) is 5.75 Å². The van der Waals surface area contributed by atoms with E-state index < -0.39 is 6.04 Å². The van der Waals surface area contributed by atoms with E-state index in [0.29, 0.717) is 39.4 Å². The molecule has 30 heavy (non-hydrogen) atoms. The van der Waals surface area contributed by atoms with Crippen molar-refractivity contribution in [2.45, 2.75) is 44.2 Å². The van der Waals surface area contributed by atoms with Crippen LogP contribution in [0.4, 0.5) is 5.69 Å². The van der Waals surface area contributed by atoms with E-state index in [4.69, 9.17) is 27.9 Å². The molecule has 7 heteroatoms. The highest BCUT2D eigenvalue weighted by atomic mass is 35.5. The summed E-state index contributed by atoms with van der Waals surface area (Å²) in [6.45, 7) is 0. The zero-order valence-corrected chi connectivity index (χ0v) is 18.2. The maximum atomic E-state index is 13.6. The molecule has 1 saturated heterocycles. The molecule has 0 bridgehead atoms. The van der Waals surface area contributed by atoms with Gasteiger partial charge in [0.15, 0.2) is 0 Å². The lowest BCUT2D eigenvalue weighted by Gasteiger charge is -2.34. The molecule has 1 N–H and O–H groups in total. The van der Waals surface area contributed by atoms with E-state index in [9.17, 15) is 9.59 Å². The van der Waals surface area contributed by atoms with Gasteiger partial charge >= 0.3 is 0 Å². The number of carbonyl (C=O) groups excluding carboxylic acids is 2. The Morgan fingerprint density at radius 3 is 2.63 bits per heavy atom. The third kappa shape index (κ3) is 3.88. The van der Waals surface area contributed by atoms with Gasteiger partial charge in [-0.25, -0.2) is 0 Å². The summed E-state index contributed by atoms with van der Waals surface area (Å²) in [7, 11) is 1.55. The number of para-hydroxylation sites is 1. The van der Waals surface area contributed by atoms with Gasteiger partial charge in [-0.05, 0) is 49.4 Å². The van der Waals surface area contributed by atoms with Gasteiger partial charge in [0, 0.05) is 6.04 Å². The first kappa shape index (κ1) is 21.0. The first-order valence-corrected chi connectivity index (χ1v) is 11.0. The molecule has 1 saturated carbocycles. The highest BCUT2D eigenvalue weighted by molar-refractivity contribution is 6.44. The maximum absolute atomic E-state index is 13.6. The van der Waals surface area contributed by atoms with Crippen molar-refractivity contribution in [2.24, 2.45) is 5.92 Å². The number of hydrogen-bond donors (Lipinski definition) is 1. The van der Waals surface area contributed by atoms with Crippen molar-refractivity contribution < 1.29 is 14.3 Å². The number of rotatable bonds is 4. The second kappa shape index (κ2) is 8.86. The molecule has 0 radical (unpaired) electrons. The monoisotopic (exact) mass is 446 g/mol. The molecule has 3 atom stereocenters. The molecule has 2 amide bonds. The molecular formula is C23H24Cl2N2O3. The van der Waals surface area contributed by atoms with Crippen molar-refractivity contribution in [1.29, 1.82) is 0 Å². The quantitative estimate of drug-likeness (QED) is 0.682. The number of carbonyl (C=O) groups is 2. The average Bonchev–Trinajstić information content (AvgIpc) is 3.16. The van der Waals surface area contributed by atoms with Gasteiger partial charge in [0.25, 0.3) is 5.91 Å². The Balaban J connectivity index is 1.65. The molecule has 1 aliphatic heterocycles. The van der Waals surface area contributed by atoms with Crippen LogP contribution in [0.5, 0.6) is 5.75 Å². The first-order chi connectivity index (χ1) is 14.5. The van der Waals surface area contributed by atoms with Crippen molar-refractivity contribution in [3.63, 3.8) is 0 Å². The van der Waals surface area contributed by atoms with Crippen molar-refractivity contribution in [1.82, 2.24) is 4.90 Å². The molecule has 5 nitrogen and oxygen atoms in total. The van der Waals surface area contributed by atoms with E-state index in [1.165, 1.54) is 0 Å². The number of anilines is 1. The summed E-state index contributed by atoms with van der Waals surface area (Å²) < 4.78 is 5.40. The standard InChI is InChI=1S/C23H24Cl2N2O3/c1-30-20-12-5-3-8-15(20)23(29)27-18-11-4-2-7-14(18)13-19(27)22(28)26-17-10-6-9-16(24)21(17)25/h3,5-6,8-10,12,14,18-19H,2,4,7,11,13H2,1H3,(H,26,28). The normalized spacial score (nSPS) is 23.0. The number of likely N-dealkylation sites (tertiary alicyclic amines) is 1. The van der Waals surface area contributed by atoms with Crippen LogP contribution >= 0.6 is 23.2 Å². The summed E-state index contributed by atoms with van der Waals surface area (Å²) in [5, 5.41) is 3.56. The Morgan fingerprint density at radius 1 is 1.07 bits per heavy atom. The van der Waals surface area contributed by atoms with Crippen molar-refractivity contribution in [2.75, 3.05) is 12.4 Å². The minimum Gasteiger partial charge on any atom is -0.496 e. The van der Waals surface area contributed by atoms with Crippen LogP contribution in [0.1, 0.15) is 42.5 Å². The van der Waals surface area contributed by atoms with Crippen molar-refractivity contribution in [3.05, 3.63) is 58.1 Å². The Morgan fingerprint density at radius 2 is 1.83 bits per heavy atom. The molecule has 1 heterocycles. The van der Waals surface area contributed by atoms with Gasteiger partial charge in [0.05, 0.1) is 28.4 Å². The van der Waals surface area contributed by atoms with E-state index in [-0.39, 0.29) is 17.9 Å². The number of nitrogens with zero attached hydrogens (tertiary/aromatic N) is 1.